The number of aryl methyl sites for hydroxylation is 1. The summed E-state index contributed by atoms with van der Waals surface area (Å²) in [5, 5.41) is 2.71. The Labute approximate surface area is 141 Å². The number of ether oxygens (including phenoxy) is 1. The summed E-state index contributed by atoms with van der Waals surface area (Å²) in [6.07, 6.45) is 0. The van der Waals surface area contributed by atoms with E-state index in [0.29, 0.717) is 22.9 Å². The summed E-state index contributed by atoms with van der Waals surface area (Å²) >= 11 is 0. The monoisotopic (exact) mass is 326 g/mol. The Kier molecular flexibility index (Phi) is 5.58. The van der Waals surface area contributed by atoms with E-state index in [1.807, 2.05) is 25.1 Å². The molecule has 5 heteroatoms. The van der Waals surface area contributed by atoms with Crippen LogP contribution in [0.1, 0.15) is 41.3 Å². The predicted molar refractivity (Wildman–Crippen MR) is 94.4 cm³/mol. The molecule has 0 saturated heterocycles. The van der Waals surface area contributed by atoms with Crippen LogP contribution in [0.15, 0.2) is 42.5 Å². The van der Waals surface area contributed by atoms with E-state index < -0.39 is 5.91 Å². The first-order valence-corrected chi connectivity index (χ1v) is 7.80. The van der Waals surface area contributed by atoms with Crippen LogP contribution in [0, 0.1) is 6.92 Å². The summed E-state index contributed by atoms with van der Waals surface area (Å²) < 4.78 is 5.53. The average Bonchev–Trinajstić information content (AvgIpc) is 2.53. The van der Waals surface area contributed by atoms with Crippen LogP contribution in [0.3, 0.4) is 0 Å². The lowest BCUT2D eigenvalue weighted by atomic mass is 9.98. The molecular weight excluding hydrogens is 304 g/mol. The zero-order valence-electron chi connectivity index (χ0n) is 14.1. The number of hydrogen-bond acceptors (Lipinski definition) is 3. The molecule has 24 heavy (non-hydrogen) atoms. The largest absolute Gasteiger partial charge is 0.484 e. The molecule has 0 aliphatic rings. The molecule has 2 rings (SSSR count). The number of primary amides is 1. The zero-order chi connectivity index (χ0) is 17.7. The van der Waals surface area contributed by atoms with Gasteiger partial charge in [-0.25, -0.2) is 0 Å². The van der Waals surface area contributed by atoms with E-state index in [1.165, 1.54) is 5.56 Å². The second kappa shape index (κ2) is 7.64. The van der Waals surface area contributed by atoms with Gasteiger partial charge >= 0.3 is 0 Å². The number of nitrogens with one attached hydrogen (secondary N) is 1. The molecule has 126 valence electrons. The van der Waals surface area contributed by atoms with Crippen LogP contribution < -0.4 is 15.8 Å². The Morgan fingerprint density at radius 2 is 1.79 bits per heavy atom. The highest BCUT2D eigenvalue weighted by Crippen LogP contribution is 2.23. The van der Waals surface area contributed by atoms with Crippen molar-refractivity contribution in [2.24, 2.45) is 5.73 Å². The van der Waals surface area contributed by atoms with E-state index >= 15 is 0 Å². The number of carbonyl (C=O) groups excluding carboxylic acids is 2. The molecule has 0 aromatic heterocycles. The zero-order valence-corrected chi connectivity index (χ0v) is 14.1. The van der Waals surface area contributed by atoms with Gasteiger partial charge < -0.3 is 15.8 Å². The van der Waals surface area contributed by atoms with Gasteiger partial charge in [0.2, 0.25) is 5.91 Å². The van der Waals surface area contributed by atoms with Crippen molar-refractivity contribution in [1.82, 2.24) is 0 Å². The van der Waals surface area contributed by atoms with Gasteiger partial charge in [0.1, 0.15) is 5.75 Å². The van der Waals surface area contributed by atoms with Crippen LogP contribution in [-0.4, -0.2) is 18.4 Å². The van der Waals surface area contributed by atoms with E-state index in [2.05, 4.69) is 19.2 Å². The average molecular weight is 326 g/mol. The van der Waals surface area contributed by atoms with E-state index in [9.17, 15) is 9.59 Å². The summed E-state index contributed by atoms with van der Waals surface area (Å²) in [5.41, 5.74) is 8.56. The number of amides is 2. The Hall–Kier alpha value is -2.82. The Morgan fingerprint density at radius 1 is 1.12 bits per heavy atom. The third kappa shape index (κ3) is 4.59. The van der Waals surface area contributed by atoms with Gasteiger partial charge in [0, 0.05) is 11.3 Å². The van der Waals surface area contributed by atoms with Crippen LogP contribution in [0.2, 0.25) is 0 Å². The molecule has 0 spiro atoms. The van der Waals surface area contributed by atoms with E-state index in [4.69, 9.17) is 10.5 Å². The fourth-order valence-corrected chi connectivity index (χ4v) is 2.45. The number of hydrogen-bond donors (Lipinski definition) is 2. The van der Waals surface area contributed by atoms with Gasteiger partial charge in [-0.05, 0) is 60.4 Å². The maximum absolute atomic E-state index is 11.9. The molecule has 0 atom stereocenters. The van der Waals surface area contributed by atoms with E-state index in [0.717, 1.165) is 5.56 Å². The van der Waals surface area contributed by atoms with Crippen molar-refractivity contribution >= 4 is 17.5 Å². The van der Waals surface area contributed by atoms with Gasteiger partial charge in [-0.2, -0.15) is 0 Å². The Bertz CT molecular complexity index is 737. The van der Waals surface area contributed by atoms with Gasteiger partial charge in [0.15, 0.2) is 6.61 Å². The number of nitrogens with two attached hydrogens (primary N) is 1. The number of rotatable bonds is 6. The standard InChI is InChI=1S/C19H22N2O3/c1-12(2)17-9-8-16(10-13(17)3)24-11-18(22)21-15-6-4-14(5-7-15)19(20)23/h4-10,12H,11H2,1-3H3,(H2,20,23)(H,21,22). The molecule has 2 amide bonds. The van der Waals surface area contributed by atoms with Gasteiger partial charge in [-0.3, -0.25) is 9.59 Å². The maximum atomic E-state index is 11.9. The van der Waals surface area contributed by atoms with Gasteiger partial charge in [0.25, 0.3) is 5.91 Å². The highest BCUT2D eigenvalue weighted by molar-refractivity contribution is 5.95. The molecule has 0 unspecified atom stereocenters. The van der Waals surface area contributed by atoms with Crippen LogP contribution in [0.5, 0.6) is 5.75 Å². The van der Waals surface area contributed by atoms with Gasteiger partial charge in [-0.1, -0.05) is 19.9 Å². The summed E-state index contributed by atoms with van der Waals surface area (Å²) in [6, 6.07) is 12.2. The van der Waals surface area contributed by atoms with Crippen LogP contribution in [-0.2, 0) is 4.79 Å². The summed E-state index contributed by atoms with van der Waals surface area (Å²) in [5.74, 6) is 0.339. The third-order valence-electron chi connectivity index (χ3n) is 3.69. The molecule has 0 aliphatic carbocycles. The molecule has 0 aliphatic heterocycles. The molecule has 3 N–H and O–H groups in total. The van der Waals surface area contributed by atoms with Gasteiger partial charge in [-0.15, -0.1) is 0 Å². The van der Waals surface area contributed by atoms with Crippen molar-refractivity contribution in [1.29, 1.82) is 0 Å². The van der Waals surface area contributed by atoms with Crippen molar-refractivity contribution < 1.29 is 14.3 Å². The molecule has 0 bridgehead atoms. The molecular formula is C19H22N2O3. The molecule has 0 saturated carbocycles. The first kappa shape index (κ1) is 17.5. The fourth-order valence-electron chi connectivity index (χ4n) is 2.45. The molecule has 0 radical (unpaired) electrons. The lowest BCUT2D eigenvalue weighted by Crippen LogP contribution is -2.20. The van der Waals surface area contributed by atoms with Crippen molar-refractivity contribution in [3.63, 3.8) is 0 Å². The summed E-state index contributed by atoms with van der Waals surface area (Å²) in [4.78, 5) is 22.9. The Balaban J connectivity index is 1.91. The van der Waals surface area contributed by atoms with Crippen LogP contribution >= 0.6 is 0 Å². The first-order valence-electron chi connectivity index (χ1n) is 7.80. The maximum Gasteiger partial charge on any atom is 0.262 e. The smallest absolute Gasteiger partial charge is 0.262 e. The summed E-state index contributed by atoms with van der Waals surface area (Å²) in [6.45, 7) is 6.22. The van der Waals surface area contributed by atoms with Crippen LogP contribution in [0.4, 0.5) is 5.69 Å². The molecule has 5 nitrogen and oxygen atoms in total. The number of carbonyl (C=O) groups is 2. The van der Waals surface area contributed by atoms with Crippen LogP contribution in [0.25, 0.3) is 0 Å². The second-order valence-corrected chi connectivity index (χ2v) is 5.95. The van der Waals surface area contributed by atoms with Crippen molar-refractivity contribution in [2.75, 3.05) is 11.9 Å². The van der Waals surface area contributed by atoms with E-state index in [1.54, 1.807) is 24.3 Å². The molecule has 2 aromatic carbocycles. The summed E-state index contributed by atoms with van der Waals surface area (Å²) in [7, 11) is 0. The van der Waals surface area contributed by atoms with Crippen molar-refractivity contribution in [3.8, 4) is 5.75 Å². The fraction of sp³-hybridized carbons (Fsp3) is 0.263. The topological polar surface area (TPSA) is 81.4 Å². The Morgan fingerprint density at radius 3 is 2.33 bits per heavy atom. The number of benzene rings is 2. The quantitative estimate of drug-likeness (QED) is 0.855. The molecule has 2 aromatic rings. The van der Waals surface area contributed by atoms with Crippen molar-refractivity contribution in [3.05, 3.63) is 59.2 Å². The van der Waals surface area contributed by atoms with E-state index in [-0.39, 0.29) is 12.5 Å². The number of anilines is 1. The SMILES string of the molecule is Cc1cc(OCC(=O)Nc2ccc(C(N)=O)cc2)ccc1C(C)C. The minimum Gasteiger partial charge on any atom is -0.484 e. The second-order valence-electron chi connectivity index (χ2n) is 5.95. The minimum absolute atomic E-state index is 0.0853. The lowest BCUT2D eigenvalue weighted by Gasteiger charge is -2.12. The van der Waals surface area contributed by atoms with Gasteiger partial charge in [0.05, 0.1) is 0 Å². The highest BCUT2D eigenvalue weighted by Gasteiger charge is 2.08. The highest BCUT2D eigenvalue weighted by atomic mass is 16.5. The molecule has 0 heterocycles. The predicted octanol–water partition coefficient (Wildman–Crippen LogP) is 3.23. The third-order valence-corrected chi connectivity index (χ3v) is 3.69. The molecule has 0 fully saturated rings. The van der Waals surface area contributed by atoms with Crippen molar-refractivity contribution in [2.45, 2.75) is 26.7 Å². The minimum atomic E-state index is -0.503. The first-order chi connectivity index (χ1) is 11.4. The normalized spacial score (nSPS) is 10.5. The lowest BCUT2D eigenvalue weighted by molar-refractivity contribution is -0.118.